The summed E-state index contributed by atoms with van der Waals surface area (Å²) in [7, 11) is 1.73. The minimum Gasteiger partial charge on any atom is -0.497 e. The van der Waals surface area contributed by atoms with Crippen molar-refractivity contribution >= 4 is 0 Å². The summed E-state index contributed by atoms with van der Waals surface area (Å²) in [6.07, 6.45) is 8.20. The standard InChI is InChI=1S/C18H28N2O/c1-21-15-7-4-6-14(12-15)13-20-18-10-5-8-16(18)17-9-2-3-11-19-17/h4,6-7,12,16-20H,2-3,5,8-11,13H2,1H3. The van der Waals surface area contributed by atoms with Gasteiger partial charge in [-0.2, -0.15) is 0 Å². The summed E-state index contributed by atoms with van der Waals surface area (Å²) < 4.78 is 5.31. The van der Waals surface area contributed by atoms with Crippen LogP contribution in [0.2, 0.25) is 0 Å². The fourth-order valence-electron chi connectivity index (χ4n) is 4.00. The molecule has 2 fully saturated rings. The van der Waals surface area contributed by atoms with Gasteiger partial charge in [0.05, 0.1) is 7.11 Å². The van der Waals surface area contributed by atoms with E-state index in [1.54, 1.807) is 7.11 Å². The first kappa shape index (κ1) is 14.9. The smallest absolute Gasteiger partial charge is 0.119 e. The maximum Gasteiger partial charge on any atom is 0.119 e. The minimum atomic E-state index is 0.673. The van der Waals surface area contributed by atoms with Crippen molar-refractivity contribution in [2.45, 2.75) is 57.2 Å². The van der Waals surface area contributed by atoms with Crippen LogP contribution >= 0.6 is 0 Å². The zero-order valence-electron chi connectivity index (χ0n) is 13.1. The first-order valence-corrected chi connectivity index (χ1v) is 8.46. The van der Waals surface area contributed by atoms with Gasteiger partial charge in [-0.25, -0.2) is 0 Å². The van der Waals surface area contributed by atoms with Gasteiger partial charge in [0, 0.05) is 18.6 Å². The van der Waals surface area contributed by atoms with Crippen molar-refractivity contribution in [1.29, 1.82) is 0 Å². The third-order valence-corrected chi connectivity index (χ3v) is 5.14. The van der Waals surface area contributed by atoms with Crippen molar-refractivity contribution in [3.8, 4) is 5.75 Å². The molecule has 3 unspecified atom stereocenters. The predicted molar refractivity (Wildman–Crippen MR) is 86.6 cm³/mol. The minimum absolute atomic E-state index is 0.673. The Bertz CT molecular complexity index is 443. The van der Waals surface area contributed by atoms with Gasteiger partial charge in [-0.3, -0.25) is 0 Å². The zero-order valence-corrected chi connectivity index (χ0v) is 13.1. The van der Waals surface area contributed by atoms with Crippen molar-refractivity contribution in [2.75, 3.05) is 13.7 Å². The van der Waals surface area contributed by atoms with Gasteiger partial charge < -0.3 is 15.4 Å². The summed E-state index contributed by atoms with van der Waals surface area (Å²) in [5.41, 5.74) is 1.32. The Morgan fingerprint density at radius 3 is 2.95 bits per heavy atom. The highest BCUT2D eigenvalue weighted by Crippen LogP contribution is 2.32. The fraction of sp³-hybridized carbons (Fsp3) is 0.667. The van der Waals surface area contributed by atoms with Crippen LogP contribution in [0.1, 0.15) is 44.1 Å². The summed E-state index contributed by atoms with van der Waals surface area (Å²) in [4.78, 5) is 0. The van der Waals surface area contributed by atoms with E-state index < -0.39 is 0 Å². The molecule has 0 amide bonds. The molecule has 3 nitrogen and oxygen atoms in total. The van der Waals surface area contributed by atoms with Gasteiger partial charge in [-0.05, 0) is 55.8 Å². The molecule has 3 heteroatoms. The van der Waals surface area contributed by atoms with Crippen molar-refractivity contribution in [2.24, 2.45) is 5.92 Å². The number of rotatable bonds is 5. The first-order valence-electron chi connectivity index (χ1n) is 8.46. The topological polar surface area (TPSA) is 33.3 Å². The Morgan fingerprint density at radius 1 is 1.19 bits per heavy atom. The molecule has 1 aromatic rings. The third kappa shape index (κ3) is 3.78. The lowest BCUT2D eigenvalue weighted by Crippen LogP contribution is -2.46. The van der Waals surface area contributed by atoms with Crippen LogP contribution in [0.4, 0.5) is 0 Å². The second kappa shape index (κ2) is 7.28. The molecular formula is C18H28N2O. The molecule has 0 bridgehead atoms. The van der Waals surface area contributed by atoms with Gasteiger partial charge in [0.1, 0.15) is 5.75 Å². The highest BCUT2D eigenvalue weighted by Gasteiger charge is 2.33. The summed E-state index contributed by atoms with van der Waals surface area (Å²) in [6.45, 7) is 2.16. The quantitative estimate of drug-likeness (QED) is 0.873. The van der Waals surface area contributed by atoms with Gasteiger partial charge >= 0.3 is 0 Å². The SMILES string of the molecule is COc1cccc(CNC2CCCC2C2CCCCN2)c1. The van der Waals surface area contributed by atoms with E-state index in [1.165, 1.54) is 50.6 Å². The van der Waals surface area contributed by atoms with Crippen molar-refractivity contribution < 1.29 is 4.74 Å². The van der Waals surface area contributed by atoms with Crippen LogP contribution in [-0.2, 0) is 6.54 Å². The van der Waals surface area contributed by atoms with Gasteiger partial charge in [0.25, 0.3) is 0 Å². The maximum absolute atomic E-state index is 5.31. The molecule has 0 aromatic heterocycles. The number of piperidine rings is 1. The van der Waals surface area contributed by atoms with Gasteiger partial charge in [-0.15, -0.1) is 0 Å². The number of hydrogen-bond acceptors (Lipinski definition) is 3. The van der Waals surface area contributed by atoms with Crippen molar-refractivity contribution in [3.05, 3.63) is 29.8 Å². The normalized spacial score (nSPS) is 29.5. The average Bonchev–Trinajstić information content (AvgIpc) is 3.02. The summed E-state index contributed by atoms with van der Waals surface area (Å²) >= 11 is 0. The Labute approximate surface area is 128 Å². The summed E-state index contributed by atoms with van der Waals surface area (Å²) in [6, 6.07) is 9.81. The van der Waals surface area contributed by atoms with Gasteiger partial charge in [0.15, 0.2) is 0 Å². The molecule has 0 spiro atoms. The van der Waals surface area contributed by atoms with Crippen LogP contribution in [0.15, 0.2) is 24.3 Å². The zero-order chi connectivity index (χ0) is 14.5. The lowest BCUT2D eigenvalue weighted by Gasteiger charge is -2.33. The lowest BCUT2D eigenvalue weighted by atomic mass is 9.88. The lowest BCUT2D eigenvalue weighted by molar-refractivity contribution is 0.257. The van der Waals surface area contributed by atoms with E-state index in [4.69, 9.17) is 4.74 Å². The molecule has 2 aliphatic rings. The van der Waals surface area contributed by atoms with E-state index in [2.05, 4.69) is 28.8 Å². The van der Waals surface area contributed by atoms with Gasteiger partial charge in [0.2, 0.25) is 0 Å². The molecule has 0 radical (unpaired) electrons. The molecule has 1 saturated heterocycles. The molecule has 1 heterocycles. The molecule has 2 N–H and O–H groups in total. The molecule has 3 rings (SSSR count). The Morgan fingerprint density at radius 2 is 2.14 bits per heavy atom. The monoisotopic (exact) mass is 288 g/mol. The number of ether oxygens (including phenoxy) is 1. The molecule has 1 aliphatic heterocycles. The van der Waals surface area contributed by atoms with Crippen molar-refractivity contribution in [1.82, 2.24) is 10.6 Å². The van der Waals surface area contributed by atoms with E-state index >= 15 is 0 Å². The first-order chi connectivity index (χ1) is 10.4. The summed E-state index contributed by atoms with van der Waals surface area (Å²) in [5.74, 6) is 1.77. The third-order valence-electron chi connectivity index (χ3n) is 5.14. The number of hydrogen-bond donors (Lipinski definition) is 2. The van der Waals surface area contributed by atoms with Crippen LogP contribution in [0.5, 0.6) is 5.75 Å². The van der Waals surface area contributed by atoms with Crippen molar-refractivity contribution in [3.63, 3.8) is 0 Å². The highest BCUT2D eigenvalue weighted by atomic mass is 16.5. The number of benzene rings is 1. The molecule has 1 aromatic carbocycles. The molecule has 3 atom stereocenters. The van der Waals surface area contributed by atoms with Crippen LogP contribution in [0.3, 0.4) is 0 Å². The van der Waals surface area contributed by atoms with E-state index in [9.17, 15) is 0 Å². The van der Waals surface area contributed by atoms with Gasteiger partial charge in [-0.1, -0.05) is 25.0 Å². The Balaban J connectivity index is 1.55. The fourth-order valence-corrected chi connectivity index (χ4v) is 4.00. The molecular weight excluding hydrogens is 260 g/mol. The van der Waals surface area contributed by atoms with E-state index in [0.717, 1.165) is 24.3 Å². The second-order valence-corrected chi connectivity index (χ2v) is 6.49. The molecule has 116 valence electrons. The average molecular weight is 288 g/mol. The van der Waals surface area contributed by atoms with Crippen LogP contribution in [0, 0.1) is 5.92 Å². The molecule has 21 heavy (non-hydrogen) atoms. The largest absolute Gasteiger partial charge is 0.497 e. The van der Waals surface area contributed by atoms with E-state index in [1.807, 2.05) is 6.07 Å². The molecule has 1 saturated carbocycles. The molecule has 1 aliphatic carbocycles. The second-order valence-electron chi connectivity index (χ2n) is 6.49. The Hall–Kier alpha value is -1.06. The van der Waals surface area contributed by atoms with Crippen LogP contribution < -0.4 is 15.4 Å². The van der Waals surface area contributed by atoms with Crippen LogP contribution in [0.25, 0.3) is 0 Å². The maximum atomic E-state index is 5.31. The number of methoxy groups -OCH3 is 1. The van der Waals surface area contributed by atoms with E-state index in [0.29, 0.717) is 6.04 Å². The van der Waals surface area contributed by atoms with Crippen LogP contribution in [-0.4, -0.2) is 25.7 Å². The predicted octanol–water partition coefficient (Wildman–Crippen LogP) is 3.10. The Kier molecular flexibility index (Phi) is 5.15. The summed E-state index contributed by atoms with van der Waals surface area (Å²) in [5, 5.41) is 7.55. The number of nitrogens with one attached hydrogen (secondary N) is 2. The van der Waals surface area contributed by atoms with E-state index in [-0.39, 0.29) is 0 Å². The highest BCUT2D eigenvalue weighted by molar-refractivity contribution is 5.28.